The van der Waals surface area contributed by atoms with Crippen LogP contribution in [0.5, 0.6) is 11.5 Å². The van der Waals surface area contributed by atoms with Crippen molar-refractivity contribution >= 4 is 28.8 Å². The van der Waals surface area contributed by atoms with Gasteiger partial charge < -0.3 is 20.2 Å². The van der Waals surface area contributed by atoms with Crippen molar-refractivity contribution in [1.82, 2.24) is 9.97 Å². The lowest BCUT2D eigenvalue weighted by Crippen LogP contribution is -1.93. The second-order valence-electron chi connectivity index (χ2n) is 4.76. The normalized spacial score (nSPS) is 12.8. The first-order valence-corrected chi connectivity index (χ1v) is 6.81. The predicted octanol–water partition coefficient (Wildman–Crippen LogP) is 3.27. The van der Waals surface area contributed by atoms with Gasteiger partial charge in [-0.15, -0.1) is 0 Å². The number of aromatic nitrogens is 2. The quantitative estimate of drug-likeness (QED) is 0.532. The number of H-pyrrole nitrogens is 1. The summed E-state index contributed by atoms with van der Waals surface area (Å²) in [5, 5.41) is 0.841. The molecular formula is C15H11N3O2S. The number of fused-ring (bicyclic) bond motifs is 2. The van der Waals surface area contributed by atoms with Crippen LogP contribution in [0, 0.1) is 4.64 Å². The Morgan fingerprint density at radius 3 is 2.57 bits per heavy atom. The maximum atomic E-state index is 5.71. The van der Waals surface area contributed by atoms with Gasteiger partial charge in [-0.1, -0.05) is 12.2 Å². The van der Waals surface area contributed by atoms with Gasteiger partial charge in [0.25, 0.3) is 0 Å². The van der Waals surface area contributed by atoms with E-state index in [4.69, 9.17) is 27.4 Å². The number of hydrogen-bond donors (Lipinski definition) is 2. The molecule has 1 aliphatic heterocycles. The number of rotatable bonds is 1. The molecule has 1 aromatic heterocycles. The maximum absolute atomic E-state index is 5.71. The third-order valence-electron chi connectivity index (χ3n) is 3.39. The minimum Gasteiger partial charge on any atom is -0.454 e. The van der Waals surface area contributed by atoms with E-state index in [0.29, 0.717) is 27.7 Å². The number of aromatic amines is 1. The Bertz CT molecular complexity index is 903. The summed E-state index contributed by atoms with van der Waals surface area (Å²) in [6.07, 6.45) is 0. The fourth-order valence-electron chi connectivity index (χ4n) is 2.32. The Morgan fingerprint density at radius 2 is 1.81 bits per heavy atom. The van der Waals surface area contributed by atoms with Crippen molar-refractivity contribution in [3.8, 4) is 22.9 Å². The van der Waals surface area contributed by atoms with Crippen LogP contribution in [0.4, 0.5) is 5.69 Å². The zero-order valence-corrected chi connectivity index (χ0v) is 11.7. The SMILES string of the molecule is Nc1ccc(-c2nc(=S)c3cc4c(cc3[nH]2)OCO4)cc1. The van der Waals surface area contributed by atoms with Crippen LogP contribution in [0.15, 0.2) is 36.4 Å². The van der Waals surface area contributed by atoms with E-state index >= 15 is 0 Å². The number of nitrogens with two attached hydrogens (primary N) is 1. The smallest absolute Gasteiger partial charge is 0.231 e. The Labute approximate surface area is 125 Å². The molecule has 21 heavy (non-hydrogen) atoms. The minimum absolute atomic E-state index is 0.233. The standard InChI is InChI=1S/C15H11N3O2S/c16-9-3-1-8(2-4-9)14-17-11-6-13-12(19-7-20-13)5-10(11)15(21)18-14/h1-6H,7,16H2,(H,17,18,21). The largest absolute Gasteiger partial charge is 0.454 e. The van der Waals surface area contributed by atoms with Gasteiger partial charge in [-0.05, 0) is 30.3 Å². The van der Waals surface area contributed by atoms with Crippen LogP contribution >= 0.6 is 12.2 Å². The van der Waals surface area contributed by atoms with E-state index in [1.54, 1.807) is 0 Å². The highest BCUT2D eigenvalue weighted by Gasteiger charge is 2.15. The van der Waals surface area contributed by atoms with E-state index in [1.165, 1.54) is 0 Å². The van der Waals surface area contributed by atoms with Crippen molar-refractivity contribution in [3.05, 3.63) is 41.0 Å². The van der Waals surface area contributed by atoms with E-state index in [-0.39, 0.29) is 6.79 Å². The molecular weight excluding hydrogens is 286 g/mol. The average Bonchev–Trinajstić information content (AvgIpc) is 2.93. The third-order valence-corrected chi connectivity index (χ3v) is 3.70. The zero-order chi connectivity index (χ0) is 14.4. The Hall–Kier alpha value is -2.60. The number of nitrogens with one attached hydrogen (secondary N) is 1. The molecule has 0 spiro atoms. The van der Waals surface area contributed by atoms with Gasteiger partial charge in [0.2, 0.25) is 6.79 Å². The predicted molar refractivity (Wildman–Crippen MR) is 82.9 cm³/mol. The lowest BCUT2D eigenvalue weighted by atomic mass is 10.1. The molecule has 0 amide bonds. The highest BCUT2D eigenvalue weighted by Crippen LogP contribution is 2.36. The van der Waals surface area contributed by atoms with Crippen LogP contribution in [0.3, 0.4) is 0 Å². The number of hydrogen-bond acceptors (Lipinski definition) is 5. The number of ether oxygens (including phenoxy) is 2. The van der Waals surface area contributed by atoms with Gasteiger partial charge in [0, 0.05) is 22.7 Å². The summed E-state index contributed by atoms with van der Waals surface area (Å²) in [6.45, 7) is 0.233. The van der Waals surface area contributed by atoms with Crippen LogP contribution in [0.1, 0.15) is 0 Å². The molecule has 0 aliphatic carbocycles. The maximum Gasteiger partial charge on any atom is 0.231 e. The molecule has 0 radical (unpaired) electrons. The summed E-state index contributed by atoms with van der Waals surface area (Å²) < 4.78 is 11.3. The summed E-state index contributed by atoms with van der Waals surface area (Å²) in [7, 11) is 0. The van der Waals surface area contributed by atoms with E-state index in [2.05, 4.69) is 9.97 Å². The highest BCUT2D eigenvalue weighted by atomic mass is 32.1. The molecule has 0 bridgehead atoms. The van der Waals surface area contributed by atoms with Gasteiger partial charge >= 0.3 is 0 Å². The summed E-state index contributed by atoms with van der Waals surface area (Å²) in [6, 6.07) is 11.2. The summed E-state index contributed by atoms with van der Waals surface area (Å²) in [4.78, 5) is 7.73. The van der Waals surface area contributed by atoms with Crippen molar-refractivity contribution in [1.29, 1.82) is 0 Å². The van der Waals surface area contributed by atoms with Crippen molar-refractivity contribution in [2.45, 2.75) is 0 Å². The molecule has 104 valence electrons. The van der Waals surface area contributed by atoms with Gasteiger partial charge in [0.1, 0.15) is 10.5 Å². The van der Waals surface area contributed by atoms with E-state index in [0.717, 1.165) is 16.5 Å². The molecule has 3 N–H and O–H groups in total. The fourth-order valence-corrected chi connectivity index (χ4v) is 2.58. The van der Waals surface area contributed by atoms with E-state index < -0.39 is 0 Å². The van der Waals surface area contributed by atoms with E-state index in [1.807, 2.05) is 36.4 Å². The first-order chi connectivity index (χ1) is 10.2. The molecule has 0 unspecified atom stereocenters. The van der Waals surface area contributed by atoms with E-state index in [9.17, 15) is 0 Å². The number of benzene rings is 2. The molecule has 0 fully saturated rings. The van der Waals surface area contributed by atoms with Gasteiger partial charge in [-0.25, -0.2) is 4.98 Å². The lowest BCUT2D eigenvalue weighted by molar-refractivity contribution is 0.174. The average molecular weight is 297 g/mol. The van der Waals surface area contributed by atoms with Crippen LogP contribution in [-0.4, -0.2) is 16.8 Å². The van der Waals surface area contributed by atoms with Gasteiger partial charge in [0.15, 0.2) is 11.5 Å². The molecule has 2 heterocycles. The molecule has 6 heteroatoms. The zero-order valence-electron chi connectivity index (χ0n) is 10.9. The lowest BCUT2D eigenvalue weighted by Gasteiger charge is -2.06. The molecule has 2 aromatic carbocycles. The fraction of sp³-hybridized carbons (Fsp3) is 0.0667. The van der Waals surface area contributed by atoms with Crippen LogP contribution < -0.4 is 15.2 Å². The second-order valence-corrected chi connectivity index (χ2v) is 5.15. The first-order valence-electron chi connectivity index (χ1n) is 6.40. The molecule has 5 nitrogen and oxygen atoms in total. The topological polar surface area (TPSA) is 73.2 Å². The summed E-state index contributed by atoms with van der Waals surface area (Å²) >= 11 is 5.39. The molecule has 0 atom stereocenters. The summed E-state index contributed by atoms with van der Waals surface area (Å²) in [5.74, 6) is 2.11. The summed E-state index contributed by atoms with van der Waals surface area (Å²) in [5.41, 5.74) is 8.21. The molecule has 0 saturated carbocycles. The van der Waals surface area contributed by atoms with Crippen molar-refractivity contribution < 1.29 is 9.47 Å². The Kier molecular flexibility index (Phi) is 2.58. The molecule has 0 saturated heterocycles. The Morgan fingerprint density at radius 1 is 1.10 bits per heavy atom. The van der Waals surface area contributed by atoms with Crippen LogP contribution in [0.25, 0.3) is 22.3 Å². The highest BCUT2D eigenvalue weighted by molar-refractivity contribution is 7.71. The second kappa shape index (κ2) is 4.46. The monoisotopic (exact) mass is 297 g/mol. The van der Waals surface area contributed by atoms with Gasteiger partial charge in [-0.2, -0.15) is 0 Å². The molecule has 4 rings (SSSR count). The molecule has 3 aromatic rings. The van der Waals surface area contributed by atoms with Crippen molar-refractivity contribution in [2.75, 3.05) is 12.5 Å². The number of anilines is 1. The molecule has 1 aliphatic rings. The van der Waals surface area contributed by atoms with Crippen molar-refractivity contribution in [3.63, 3.8) is 0 Å². The minimum atomic E-state index is 0.233. The van der Waals surface area contributed by atoms with Crippen LogP contribution in [0.2, 0.25) is 0 Å². The number of nitrogens with zero attached hydrogens (tertiary/aromatic N) is 1. The van der Waals surface area contributed by atoms with Crippen LogP contribution in [-0.2, 0) is 0 Å². The first kappa shape index (κ1) is 12.2. The van der Waals surface area contributed by atoms with Gasteiger partial charge in [0.05, 0.1) is 5.52 Å². The van der Waals surface area contributed by atoms with Crippen molar-refractivity contribution in [2.24, 2.45) is 0 Å². The number of nitrogen functional groups attached to an aromatic ring is 1. The Balaban J connectivity index is 1.94. The van der Waals surface area contributed by atoms with Gasteiger partial charge in [-0.3, -0.25) is 0 Å². The third kappa shape index (κ3) is 2.00.